The van der Waals surface area contributed by atoms with Crippen molar-refractivity contribution in [3.63, 3.8) is 0 Å². The molecule has 1 aromatic rings. The Kier molecular flexibility index (Phi) is 5.68. The van der Waals surface area contributed by atoms with Gasteiger partial charge in [0, 0.05) is 25.7 Å². The van der Waals surface area contributed by atoms with Crippen LogP contribution in [0.15, 0.2) is 11.2 Å². The predicted octanol–water partition coefficient (Wildman–Crippen LogP) is 0.915. The highest BCUT2D eigenvalue weighted by molar-refractivity contribution is 7.98. The van der Waals surface area contributed by atoms with Gasteiger partial charge in [0.25, 0.3) is 0 Å². The molecular formula is C12H21N5OS. The van der Waals surface area contributed by atoms with Crippen LogP contribution >= 0.6 is 11.8 Å². The lowest BCUT2D eigenvalue weighted by Gasteiger charge is -2.26. The molecule has 0 bridgehead atoms. The second-order valence-corrected chi connectivity index (χ2v) is 5.17. The lowest BCUT2D eigenvalue weighted by atomic mass is 10.3. The first-order valence-corrected chi connectivity index (χ1v) is 7.73. The van der Waals surface area contributed by atoms with Gasteiger partial charge in [-0.25, -0.2) is 9.97 Å². The van der Waals surface area contributed by atoms with Gasteiger partial charge in [-0.1, -0.05) is 11.8 Å². The topological polar surface area (TPSA) is 76.3 Å². The van der Waals surface area contributed by atoms with Crippen LogP contribution in [0.1, 0.15) is 6.42 Å². The van der Waals surface area contributed by atoms with E-state index in [-0.39, 0.29) is 0 Å². The first kappa shape index (κ1) is 14.4. The molecule has 0 unspecified atom stereocenters. The Hall–Kier alpha value is -1.05. The number of aromatic nitrogens is 2. The Morgan fingerprint density at radius 3 is 2.95 bits per heavy atom. The number of nitrogens with two attached hydrogens (primary N) is 1. The third kappa shape index (κ3) is 4.85. The third-order valence-electron chi connectivity index (χ3n) is 2.97. The molecule has 0 atom stereocenters. The zero-order valence-corrected chi connectivity index (χ0v) is 12.1. The van der Waals surface area contributed by atoms with Gasteiger partial charge in [0.1, 0.15) is 11.6 Å². The minimum Gasteiger partial charge on any atom is -0.383 e. The number of hydrogen-bond acceptors (Lipinski definition) is 7. The van der Waals surface area contributed by atoms with Crippen LogP contribution in [0, 0.1) is 0 Å². The van der Waals surface area contributed by atoms with Gasteiger partial charge in [0.2, 0.25) is 0 Å². The molecule has 1 aliphatic heterocycles. The van der Waals surface area contributed by atoms with Gasteiger partial charge in [-0.15, -0.1) is 0 Å². The first-order chi connectivity index (χ1) is 9.28. The van der Waals surface area contributed by atoms with E-state index in [0.29, 0.717) is 11.0 Å². The van der Waals surface area contributed by atoms with Crippen molar-refractivity contribution in [3.8, 4) is 0 Å². The Morgan fingerprint density at radius 2 is 2.21 bits per heavy atom. The molecule has 2 rings (SSSR count). The molecular weight excluding hydrogens is 262 g/mol. The maximum absolute atomic E-state index is 5.73. The number of ether oxygens (including phenoxy) is 1. The summed E-state index contributed by atoms with van der Waals surface area (Å²) in [6.07, 6.45) is 3.02. The highest BCUT2D eigenvalue weighted by Gasteiger charge is 2.09. The Labute approximate surface area is 118 Å². The van der Waals surface area contributed by atoms with E-state index >= 15 is 0 Å². The molecule has 3 N–H and O–H groups in total. The molecule has 6 nitrogen and oxygen atoms in total. The molecule has 1 saturated heterocycles. The van der Waals surface area contributed by atoms with Crippen LogP contribution < -0.4 is 11.1 Å². The van der Waals surface area contributed by atoms with Crippen LogP contribution in [0.2, 0.25) is 0 Å². The molecule has 1 aromatic heterocycles. The minimum atomic E-state index is 0.509. The molecule has 106 valence electrons. The Morgan fingerprint density at radius 1 is 1.42 bits per heavy atom. The van der Waals surface area contributed by atoms with Gasteiger partial charge < -0.3 is 15.8 Å². The van der Waals surface area contributed by atoms with Gasteiger partial charge in [0.15, 0.2) is 5.16 Å². The minimum absolute atomic E-state index is 0.509. The number of anilines is 2. The molecule has 1 fully saturated rings. The normalized spacial score (nSPS) is 16.5. The van der Waals surface area contributed by atoms with Gasteiger partial charge in [-0.3, -0.25) is 4.90 Å². The fourth-order valence-electron chi connectivity index (χ4n) is 1.97. The molecule has 1 aliphatic rings. The van der Waals surface area contributed by atoms with Crippen LogP contribution in [0.3, 0.4) is 0 Å². The van der Waals surface area contributed by atoms with Gasteiger partial charge >= 0.3 is 0 Å². The summed E-state index contributed by atoms with van der Waals surface area (Å²) >= 11 is 1.49. The van der Waals surface area contributed by atoms with E-state index in [2.05, 4.69) is 20.2 Å². The molecule has 0 spiro atoms. The molecule has 0 aliphatic carbocycles. The maximum Gasteiger partial charge on any atom is 0.191 e. The molecule has 0 amide bonds. The number of nitrogens with zero attached hydrogens (tertiary/aromatic N) is 3. The van der Waals surface area contributed by atoms with Gasteiger partial charge in [-0.05, 0) is 19.2 Å². The Bertz CT molecular complexity index is 398. The van der Waals surface area contributed by atoms with Gasteiger partial charge in [-0.2, -0.15) is 0 Å². The fraction of sp³-hybridized carbons (Fsp3) is 0.667. The van der Waals surface area contributed by atoms with E-state index in [0.717, 1.165) is 51.6 Å². The molecule has 0 aromatic carbocycles. The number of hydrogen-bond donors (Lipinski definition) is 2. The average Bonchev–Trinajstić information content (AvgIpc) is 2.44. The van der Waals surface area contributed by atoms with Crippen molar-refractivity contribution in [2.75, 3.05) is 56.7 Å². The van der Waals surface area contributed by atoms with Gasteiger partial charge in [0.05, 0.1) is 13.2 Å². The first-order valence-electron chi connectivity index (χ1n) is 6.50. The smallest absolute Gasteiger partial charge is 0.191 e. The highest BCUT2D eigenvalue weighted by Crippen LogP contribution is 2.15. The van der Waals surface area contributed by atoms with Crippen LogP contribution in [0.5, 0.6) is 0 Å². The summed E-state index contributed by atoms with van der Waals surface area (Å²) in [6, 6.07) is 1.77. The van der Waals surface area contributed by atoms with Crippen LogP contribution in [0.25, 0.3) is 0 Å². The van der Waals surface area contributed by atoms with E-state index < -0.39 is 0 Å². The quantitative estimate of drug-likeness (QED) is 0.456. The largest absolute Gasteiger partial charge is 0.383 e. The zero-order valence-electron chi connectivity index (χ0n) is 11.3. The Balaban J connectivity index is 1.71. The van der Waals surface area contributed by atoms with Crippen LogP contribution in [-0.2, 0) is 4.74 Å². The van der Waals surface area contributed by atoms with E-state index in [1.165, 1.54) is 11.8 Å². The summed E-state index contributed by atoms with van der Waals surface area (Å²) < 4.78 is 5.32. The molecule has 2 heterocycles. The summed E-state index contributed by atoms with van der Waals surface area (Å²) in [4.78, 5) is 10.9. The third-order valence-corrected chi connectivity index (χ3v) is 3.52. The summed E-state index contributed by atoms with van der Waals surface area (Å²) in [6.45, 7) is 5.77. The van der Waals surface area contributed by atoms with Crippen molar-refractivity contribution in [1.29, 1.82) is 0 Å². The average molecular weight is 283 g/mol. The van der Waals surface area contributed by atoms with E-state index in [4.69, 9.17) is 10.5 Å². The monoisotopic (exact) mass is 283 g/mol. The van der Waals surface area contributed by atoms with Crippen molar-refractivity contribution in [2.24, 2.45) is 0 Å². The zero-order chi connectivity index (χ0) is 13.5. The fourth-order valence-corrected chi connectivity index (χ4v) is 2.36. The van der Waals surface area contributed by atoms with E-state index in [1.807, 2.05) is 6.26 Å². The lowest BCUT2D eigenvalue weighted by molar-refractivity contribution is 0.0378. The van der Waals surface area contributed by atoms with Crippen molar-refractivity contribution < 1.29 is 4.74 Å². The van der Waals surface area contributed by atoms with Crippen LogP contribution in [-0.4, -0.2) is 60.5 Å². The van der Waals surface area contributed by atoms with Crippen molar-refractivity contribution >= 4 is 23.4 Å². The van der Waals surface area contributed by atoms with Crippen molar-refractivity contribution in [3.05, 3.63) is 6.07 Å². The molecule has 0 radical (unpaired) electrons. The van der Waals surface area contributed by atoms with E-state index in [1.54, 1.807) is 6.07 Å². The maximum atomic E-state index is 5.73. The van der Waals surface area contributed by atoms with E-state index in [9.17, 15) is 0 Å². The summed E-state index contributed by atoms with van der Waals surface area (Å²) in [7, 11) is 0. The van der Waals surface area contributed by atoms with Crippen LogP contribution in [0.4, 0.5) is 11.6 Å². The predicted molar refractivity (Wildman–Crippen MR) is 78.6 cm³/mol. The molecule has 7 heteroatoms. The molecule has 0 saturated carbocycles. The highest BCUT2D eigenvalue weighted by atomic mass is 32.2. The number of rotatable bonds is 6. The lowest BCUT2D eigenvalue weighted by Crippen LogP contribution is -2.37. The second-order valence-electron chi connectivity index (χ2n) is 4.40. The number of thioether (sulfide) groups is 1. The number of morpholine rings is 1. The molecule has 19 heavy (non-hydrogen) atoms. The number of nitrogen functional groups attached to an aromatic ring is 1. The standard InChI is InChI=1S/C12H21N5OS/c1-19-12-15-10(13)9-11(16-12)14-3-2-4-17-5-7-18-8-6-17/h9H,2-8H2,1H3,(H3,13,14,15,16). The summed E-state index contributed by atoms with van der Waals surface area (Å²) in [5.41, 5.74) is 5.73. The summed E-state index contributed by atoms with van der Waals surface area (Å²) in [5.74, 6) is 1.31. The van der Waals surface area contributed by atoms with Crippen molar-refractivity contribution in [1.82, 2.24) is 14.9 Å². The SMILES string of the molecule is CSc1nc(N)cc(NCCCN2CCOCC2)n1. The summed E-state index contributed by atoms with van der Waals surface area (Å²) in [5, 5.41) is 4.00. The number of nitrogens with one attached hydrogen (secondary N) is 1. The second kappa shape index (κ2) is 7.52. The van der Waals surface area contributed by atoms with Crippen molar-refractivity contribution in [2.45, 2.75) is 11.6 Å².